The molecule has 10 nitrogen and oxygen atoms in total. The second-order valence-corrected chi connectivity index (χ2v) is 25.2. The van der Waals surface area contributed by atoms with Gasteiger partial charge < -0.3 is 39.7 Å². The molecule has 3 aliphatic heterocycles. The quantitative estimate of drug-likeness (QED) is 0.0857. The number of rotatable bonds is 11. The summed E-state index contributed by atoms with van der Waals surface area (Å²) in [5, 5.41) is 35.6. The van der Waals surface area contributed by atoms with Gasteiger partial charge in [0.15, 0.2) is 18.7 Å². The molecule has 0 bridgehead atoms. The molecule has 12 rings (SSSR count). The molecular formula is C69H72N5O5S+. The first-order valence-corrected chi connectivity index (χ1v) is 28.8. The maximum absolute atomic E-state index is 15.6. The van der Waals surface area contributed by atoms with Gasteiger partial charge in [0, 0.05) is 143 Å². The van der Waals surface area contributed by atoms with Crippen molar-refractivity contribution in [1.29, 1.82) is 0 Å². The molecule has 408 valence electrons. The molecule has 11 heteroatoms. The van der Waals surface area contributed by atoms with E-state index in [0.717, 1.165) is 127 Å². The topological polar surface area (TPSA) is 104 Å². The second-order valence-electron chi connectivity index (χ2n) is 24.1. The van der Waals surface area contributed by atoms with Crippen molar-refractivity contribution < 1.29 is 29.4 Å². The van der Waals surface area contributed by atoms with E-state index in [9.17, 15) is 15.3 Å². The van der Waals surface area contributed by atoms with Crippen LogP contribution in [0.25, 0.3) is 50.2 Å². The third kappa shape index (κ3) is 8.62. The Kier molecular flexibility index (Phi) is 13.0. The van der Waals surface area contributed by atoms with Gasteiger partial charge in [-0.15, -0.1) is 0 Å². The minimum atomic E-state index is -1.65. The highest BCUT2D eigenvalue weighted by Gasteiger charge is 2.43. The minimum Gasteiger partial charge on any atom is -0.477 e. The van der Waals surface area contributed by atoms with Crippen LogP contribution in [0.3, 0.4) is 0 Å². The van der Waals surface area contributed by atoms with E-state index < -0.39 is 12.3 Å². The van der Waals surface area contributed by atoms with Crippen molar-refractivity contribution in [2.45, 2.75) is 95.3 Å². The molecule has 0 amide bonds. The molecular weight excluding hydrogens is 1010 g/mol. The maximum Gasteiger partial charge on any atom is 0.343 e. The number of anilines is 4. The predicted octanol–water partition coefficient (Wildman–Crippen LogP) is 12.6. The zero-order valence-corrected chi connectivity index (χ0v) is 49.0. The van der Waals surface area contributed by atoms with Crippen LogP contribution in [0.2, 0.25) is 0 Å². The molecule has 4 heterocycles. The third-order valence-electron chi connectivity index (χ3n) is 17.4. The van der Waals surface area contributed by atoms with Gasteiger partial charge in [-0.3, -0.25) is 0 Å². The van der Waals surface area contributed by atoms with Crippen molar-refractivity contribution in [2.75, 3.05) is 68.4 Å². The number of fused-ring (bicyclic) bond motifs is 4. The number of hydrogen-bond donors (Lipinski definition) is 3. The molecule has 0 saturated carbocycles. The van der Waals surface area contributed by atoms with E-state index in [4.69, 9.17) is 4.74 Å². The lowest BCUT2D eigenvalue weighted by atomic mass is 9.70. The highest BCUT2D eigenvalue weighted by molar-refractivity contribution is 7.99. The van der Waals surface area contributed by atoms with E-state index in [1.165, 1.54) is 38.8 Å². The lowest BCUT2D eigenvalue weighted by Gasteiger charge is -2.47. The minimum absolute atomic E-state index is 0.155. The normalized spacial score (nSPS) is 16.2. The number of carboxylic acids is 1. The van der Waals surface area contributed by atoms with Crippen molar-refractivity contribution in [3.8, 4) is 39.4 Å². The Morgan fingerprint density at radius 2 is 1.25 bits per heavy atom. The van der Waals surface area contributed by atoms with Crippen LogP contribution in [0.15, 0.2) is 131 Å². The first-order valence-electron chi connectivity index (χ1n) is 28.0. The Morgan fingerprint density at radius 3 is 1.85 bits per heavy atom. The number of benzene rings is 6. The number of pyridine rings is 1. The average Bonchev–Trinajstić information content (AvgIpc) is 3.55. The Bertz CT molecular complexity index is 3930. The fourth-order valence-corrected chi connectivity index (χ4v) is 14.8. The van der Waals surface area contributed by atoms with Gasteiger partial charge in [-0.05, 0) is 141 Å². The lowest BCUT2D eigenvalue weighted by Crippen LogP contribution is -2.48. The molecule has 3 N–H and O–H groups in total. The van der Waals surface area contributed by atoms with Crippen molar-refractivity contribution in [1.82, 2.24) is 0 Å². The number of carboxylic acid groups (broad SMARTS) is 1. The number of nitrogens with zero attached hydrogens (tertiary/aromatic N) is 5. The molecule has 6 aromatic carbocycles. The van der Waals surface area contributed by atoms with Gasteiger partial charge in [-0.1, -0.05) is 79.7 Å². The summed E-state index contributed by atoms with van der Waals surface area (Å²) in [5.74, 6) is 0.556. The molecule has 1 aromatic heterocycles. The Balaban J connectivity index is 1.36. The van der Waals surface area contributed by atoms with Gasteiger partial charge in [0.05, 0.1) is 16.8 Å². The van der Waals surface area contributed by atoms with Gasteiger partial charge in [0.25, 0.3) is 0 Å². The second kappa shape index (κ2) is 19.6. The van der Waals surface area contributed by atoms with Gasteiger partial charge in [0.1, 0.15) is 17.1 Å². The standard InChI is InChI=1S/C69H71N5O5S/c1-39-37-68(3,4)54-17-13-15-48-57(54)50(39)35-52-58(53-36-51-40(2)38-69(5,6)74-32-14-16-49(61(51)74)64(53)79-63(48)52)59-55(41-18-24-44(25-19-41)70(7)8)65(80-47-28-22-43(23-29-47)66(75)76)56(42-20-26-45(27-21-42)71(9)10)62(60(59)67(77)78)73-33-30-46(31-34-73)72(11)12/h18-31,33-38,66,75-76H,13-17,32H2,1-12H3/p+1. The van der Waals surface area contributed by atoms with Gasteiger partial charge >= 0.3 is 5.97 Å². The summed E-state index contributed by atoms with van der Waals surface area (Å²) in [6.07, 6.45) is 11.7. The summed E-state index contributed by atoms with van der Waals surface area (Å²) in [4.78, 5) is 26.0. The summed E-state index contributed by atoms with van der Waals surface area (Å²) < 4.78 is 9.78. The SMILES string of the molecule is CC1=CC(C)(C)N2CCCc3c4c(cc1c32)C(c1c(C(=O)O)c(-[n+]2ccc(N(C)C)cc2)c(-c2ccc(N(C)C)cc2)c(Sc2ccc(C(O)O)cc2)c1-c1ccc(N(C)C)cc1)=c1cc2c3c(c1O4)CCCC=3C(C)(C)C=C2C. The van der Waals surface area contributed by atoms with Crippen LogP contribution in [0, 0.1) is 5.41 Å². The van der Waals surface area contributed by atoms with Gasteiger partial charge in [0.2, 0.25) is 5.69 Å². The fourth-order valence-electron chi connectivity index (χ4n) is 13.6. The van der Waals surface area contributed by atoms with E-state index in [-0.39, 0.29) is 16.5 Å². The number of aromatic nitrogens is 1. The molecule has 5 aliphatic rings. The Hall–Kier alpha value is -7.57. The zero-order valence-electron chi connectivity index (χ0n) is 48.2. The van der Waals surface area contributed by atoms with Crippen LogP contribution in [0.4, 0.5) is 22.7 Å². The third-order valence-corrected chi connectivity index (χ3v) is 18.5. The van der Waals surface area contributed by atoms with Crippen molar-refractivity contribution >= 4 is 62.8 Å². The van der Waals surface area contributed by atoms with E-state index in [0.29, 0.717) is 16.8 Å². The molecule has 0 atom stereocenters. The molecule has 0 unspecified atom stereocenters. The van der Waals surface area contributed by atoms with Crippen molar-refractivity contribution in [3.63, 3.8) is 0 Å². The Morgan fingerprint density at radius 1 is 0.662 bits per heavy atom. The van der Waals surface area contributed by atoms with Crippen LogP contribution >= 0.6 is 11.8 Å². The number of ether oxygens (including phenoxy) is 1. The molecule has 0 fully saturated rings. The van der Waals surface area contributed by atoms with Crippen LogP contribution in [-0.4, -0.2) is 75.7 Å². The number of hydrogen-bond acceptors (Lipinski definition) is 9. The number of aliphatic hydroxyl groups excluding tert-OH is 1. The summed E-state index contributed by atoms with van der Waals surface area (Å²) >= 11 is 1.56. The van der Waals surface area contributed by atoms with Gasteiger partial charge in [-0.2, -0.15) is 4.57 Å². The summed E-state index contributed by atoms with van der Waals surface area (Å²) in [6, 6.07) is 33.0. The first kappa shape index (κ1) is 53.1. The van der Waals surface area contributed by atoms with Crippen molar-refractivity contribution in [3.05, 3.63) is 177 Å². The first-order chi connectivity index (χ1) is 38.1. The number of aromatic carboxylic acids is 1. The highest BCUT2D eigenvalue weighted by Crippen LogP contribution is 2.57. The number of carbonyl (C=O) groups is 1. The number of allylic oxidation sites excluding steroid dienone is 3. The largest absolute Gasteiger partial charge is 0.477 e. The van der Waals surface area contributed by atoms with Gasteiger partial charge in [-0.25, -0.2) is 4.79 Å². The molecule has 7 aromatic rings. The summed E-state index contributed by atoms with van der Waals surface area (Å²) in [5.41, 5.74) is 18.8. The average molecular weight is 1080 g/mol. The zero-order chi connectivity index (χ0) is 56.4. The molecule has 0 saturated heterocycles. The smallest absolute Gasteiger partial charge is 0.343 e. The van der Waals surface area contributed by atoms with Crippen LogP contribution in [-0.2, 0) is 12.8 Å². The van der Waals surface area contributed by atoms with E-state index >= 15 is 4.79 Å². The van der Waals surface area contributed by atoms with E-state index in [2.05, 4.69) is 134 Å². The number of aliphatic hydroxyl groups is 2. The predicted molar refractivity (Wildman–Crippen MR) is 328 cm³/mol. The monoisotopic (exact) mass is 1080 g/mol. The fraction of sp³-hybridized carbons (Fsp3) is 0.304. The molecule has 2 aliphatic carbocycles. The summed E-state index contributed by atoms with van der Waals surface area (Å²) in [7, 11) is 12.1. The summed E-state index contributed by atoms with van der Waals surface area (Å²) in [6.45, 7) is 14.7. The maximum atomic E-state index is 15.6. The Labute approximate surface area is 474 Å². The van der Waals surface area contributed by atoms with E-state index in [1.54, 1.807) is 23.9 Å². The van der Waals surface area contributed by atoms with Crippen LogP contribution < -0.4 is 39.3 Å². The molecule has 0 radical (unpaired) electrons. The van der Waals surface area contributed by atoms with Crippen LogP contribution in [0.5, 0.6) is 11.5 Å². The lowest BCUT2D eigenvalue weighted by molar-refractivity contribution is -0.595. The highest BCUT2D eigenvalue weighted by atomic mass is 32.2. The van der Waals surface area contributed by atoms with Crippen LogP contribution in [0.1, 0.15) is 116 Å². The molecule has 0 spiro atoms. The van der Waals surface area contributed by atoms with Crippen molar-refractivity contribution in [2.24, 2.45) is 5.41 Å². The van der Waals surface area contributed by atoms with E-state index in [1.807, 2.05) is 83.5 Å². The molecule has 80 heavy (non-hydrogen) atoms.